The van der Waals surface area contributed by atoms with E-state index in [0.717, 1.165) is 93.2 Å². The molecule has 0 amide bonds. The van der Waals surface area contributed by atoms with Crippen molar-refractivity contribution in [1.29, 1.82) is 0 Å². The summed E-state index contributed by atoms with van der Waals surface area (Å²) in [5.74, 6) is 9.49. The van der Waals surface area contributed by atoms with Gasteiger partial charge in [0.1, 0.15) is 0 Å². The Labute approximate surface area is 618 Å². The van der Waals surface area contributed by atoms with E-state index < -0.39 is 0 Å². The van der Waals surface area contributed by atoms with Crippen molar-refractivity contribution in [2.45, 2.75) is 486 Å². The van der Waals surface area contributed by atoms with Crippen LogP contribution in [0.1, 0.15) is 488 Å². The summed E-state index contributed by atoms with van der Waals surface area (Å²) in [6.07, 6.45) is 79.8. The largest absolute Gasteiger partial charge is 0.0776 e. The van der Waals surface area contributed by atoms with Crippen molar-refractivity contribution in [2.75, 3.05) is 0 Å². The molecule has 0 aromatic carbocycles. The average Bonchev–Trinajstić information content (AvgIpc) is 1.69. The first-order valence-corrected chi connectivity index (χ1v) is 45.1. The van der Waals surface area contributed by atoms with E-state index in [-0.39, 0.29) is 18.7 Å². The van der Waals surface area contributed by atoms with Crippen LogP contribution in [0.15, 0.2) is 0 Å². The van der Waals surface area contributed by atoms with Gasteiger partial charge in [-0.2, -0.15) is 0 Å². The third kappa shape index (κ3) is 19.8. The Kier molecular flexibility index (Phi) is 26.3. The van der Waals surface area contributed by atoms with Crippen LogP contribution < -0.4 is 0 Å². The van der Waals surface area contributed by atoms with Crippen LogP contribution in [0.25, 0.3) is 0 Å². The standard InChI is InChI=1S/C18H32.C17H32.2C16H28.C16H30.C14H26.CH4/c1-17(2,3)16-10-14-9-15(11-16)13-18(12-14)7-5-4-6-8-18;1-15(2,3)16(4)11-13-17(14-12-16)9-7-5-6-8-10-17;1-15(2,3)14-10-13-9-12(14)11-16(13)7-5-4-6-8-16;1-15(2,3)14-12-9-13(14)11-16(10-12)7-5-4-6-8-16;1-14(2,3)15(4)10-12-16(13-11-15)8-6-5-7-9-16;1-13(2,3)12-6-10-14(11-7-12)8-4-5-9-14;/h14-16H,4-13H2,1-3H3;5-14H2,1-4H3;2*12-14H,4-11H2,1-3H3;5-13H2,1-4H3;12H,4-11H2,1-3H3;1H4/i;;;;;12D;. The Morgan fingerprint density at radius 3 is 0.939 bits per heavy atom. The summed E-state index contributed by atoms with van der Waals surface area (Å²) in [5.41, 5.74) is 8.70. The van der Waals surface area contributed by atoms with E-state index in [2.05, 4.69) is 138 Å². The second kappa shape index (κ2) is 32.1. The number of fused-ring (bicyclic) bond motifs is 5. The Morgan fingerprint density at radius 2 is 0.612 bits per heavy atom. The summed E-state index contributed by atoms with van der Waals surface area (Å²) < 4.78 is 8.62. The third-order valence-electron chi connectivity index (χ3n) is 35.8. The molecule has 0 radical (unpaired) electrons. The van der Waals surface area contributed by atoms with Crippen LogP contribution in [0.4, 0.5) is 0 Å². The average molecular weight is 1360 g/mol. The van der Waals surface area contributed by atoms with Crippen LogP contribution in [0, 0.1) is 135 Å². The molecule has 0 heterocycles. The fourth-order valence-corrected chi connectivity index (χ4v) is 28.1. The Balaban J connectivity index is 0.000000139. The van der Waals surface area contributed by atoms with E-state index in [0.29, 0.717) is 43.3 Å². The molecule has 16 aliphatic carbocycles. The van der Waals surface area contributed by atoms with Crippen LogP contribution in [-0.2, 0) is 0 Å². The maximum Gasteiger partial charge on any atom is 0.0308 e. The molecule has 98 heavy (non-hydrogen) atoms. The molecule has 0 aromatic heterocycles. The summed E-state index contributed by atoms with van der Waals surface area (Å²) in [5, 5.41) is 0. The molecule has 0 heteroatoms. The number of hydrogen-bond acceptors (Lipinski definition) is 0. The van der Waals surface area contributed by atoms with Gasteiger partial charge in [-0.3, -0.25) is 0 Å². The summed E-state index contributed by atoms with van der Waals surface area (Å²) in [4.78, 5) is 0. The minimum absolute atomic E-state index is 0. The van der Waals surface area contributed by atoms with E-state index in [1.54, 1.807) is 109 Å². The zero-order chi connectivity index (χ0) is 71.2. The lowest BCUT2D eigenvalue weighted by Crippen LogP contribution is -2.53. The molecule has 6 bridgehead atoms. The van der Waals surface area contributed by atoms with Crippen LogP contribution in [0.5, 0.6) is 0 Å². The predicted octanol–water partition coefficient (Wildman–Crippen LogP) is 32.8. The molecule has 6 spiro atoms. The Bertz CT molecular complexity index is 2340. The predicted molar refractivity (Wildman–Crippen MR) is 434 cm³/mol. The molecule has 16 rings (SSSR count). The maximum absolute atomic E-state index is 8.62. The van der Waals surface area contributed by atoms with Crippen molar-refractivity contribution >= 4 is 0 Å². The van der Waals surface area contributed by atoms with Gasteiger partial charge in [0.05, 0.1) is 0 Å². The smallest absolute Gasteiger partial charge is 0.0308 e. The van der Waals surface area contributed by atoms with Gasteiger partial charge >= 0.3 is 0 Å². The summed E-state index contributed by atoms with van der Waals surface area (Å²) in [6, 6.07) is 0. The van der Waals surface area contributed by atoms with Crippen molar-refractivity contribution in [3.8, 4) is 0 Å². The van der Waals surface area contributed by atoms with E-state index in [1.807, 2.05) is 0 Å². The fraction of sp³-hybridized carbons (Fsp3) is 1.00. The number of rotatable bonds is 0. The minimum Gasteiger partial charge on any atom is -0.0776 e. The van der Waals surface area contributed by atoms with Crippen LogP contribution in [0.2, 0.25) is 0 Å². The van der Waals surface area contributed by atoms with Crippen molar-refractivity contribution in [3.05, 3.63) is 0 Å². The van der Waals surface area contributed by atoms with Gasteiger partial charge in [0.25, 0.3) is 0 Å². The van der Waals surface area contributed by atoms with Gasteiger partial charge in [-0.05, 0) is 360 Å². The Hall–Kier alpha value is 0. The van der Waals surface area contributed by atoms with Crippen LogP contribution in [-0.4, -0.2) is 0 Å². The van der Waals surface area contributed by atoms with Crippen LogP contribution in [0.3, 0.4) is 0 Å². The minimum atomic E-state index is -0.152. The molecule has 0 N–H and O–H groups in total. The first-order chi connectivity index (χ1) is 45.6. The molecule has 0 aromatic rings. The quantitative estimate of drug-likeness (QED) is 0.227. The van der Waals surface area contributed by atoms with Crippen LogP contribution >= 0.6 is 0 Å². The van der Waals surface area contributed by atoms with E-state index >= 15 is 0 Å². The van der Waals surface area contributed by atoms with E-state index in [9.17, 15) is 0 Å². The molecular formula is C98H180. The van der Waals surface area contributed by atoms with Gasteiger partial charge in [-0.15, -0.1) is 0 Å². The van der Waals surface area contributed by atoms with Crippen molar-refractivity contribution in [2.24, 2.45) is 135 Å². The van der Waals surface area contributed by atoms with Gasteiger partial charge in [0, 0.05) is 1.37 Å². The molecule has 16 aliphatic rings. The monoisotopic (exact) mass is 1360 g/mol. The van der Waals surface area contributed by atoms with Crippen molar-refractivity contribution < 1.29 is 1.37 Å². The molecule has 7 unspecified atom stereocenters. The zero-order valence-corrected chi connectivity index (χ0v) is 70.2. The first-order valence-electron chi connectivity index (χ1n) is 45.6. The lowest BCUT2D eigenvalue weighted by Gasteiger charge is -2.62. The zero-order valence-electron chi connectivity index (χ0n) is 71.2. The first kappa shape index (κ1) is 80.5. The van der Waals surface area contributed by atoms with Crippen molar-refractivity contribution in [3.63, 3.8) is 0 Å². The third-order valence-corrected chi connectivity index (χ3v) is 35.8. The number of hydrogen-bond donors (Lipinski definition) is 0. The van der Waals surface area contributed by atoms with E-state index in [1.165, 1.54) is 218 Å². The highest BCUT2D eigenvalue weighted by Crippen LogP contribution is 2.68. The summed E-state index contributed by atoms with van der Waals surface area (Å²) in [6.45, 7) is 48.6. The van der Waals surface area contributed by atoms with Gasteiger partial charge in [-0.25, -0.2) is 0 Å². The van der Waals surface area contributed by atoms with Gasteiger partial charge in [0.2, 0.25) is 0 Å². The van der Waals surface area contributed by atoms with Gasteiger partial charge < -0.3 is 0 Å². The normalized spacial score (nSPS) is 35.3. The van der Waals surface area contributed by atoms with Gasteiger partial charge in [0.15, 0.2) is 0 Å². The molecular weight excluding hydrogens is 1180 g/mol. The topological polar surface area (TPSA) is 0 Å². The lowest BCUT2D eigenvalue weighted by atomic mass is 9.43. The molecule has 16 fully saturated rings. The Morgan fingerprint density at radius 1 is 0.276 bits per heavy atom. The summed E-state index contributed by atoms with van der Waals surface area (Å²) >= 11 is 0. The highest BCUT2D eigenvalue weighted by Gasteiger charge is 2.58. The highest BCUT2D eigenvalue weighted by molar-refractivity contribution is 5.09. The maximum atomic E-state index is 8.62. The molecule has 0 saturated heterocycles. The fourth-order valence-electron chi connectivity index (χ4n) is 28.1. The second-order valence-corrected chi connectivity index (χ2v) is 47.8. The van der Waals surface area contributed by atoms with Gasteiger partial charge in [-0.1, -0.05) is 261 Å². The highest BCUT2D eigenvalue weighted by atomic mass is 14.6. The SMILES string of the molecule is C.CC(C)(C)C1(C)CCC2(CCCCC2)CC1.CC(C)(C)C1(C)CCC2(CCCCCC2)CC1.CC(C)(C)C1C2CC1CC1(CCCCC1)C2.CC(C)(C)C1CC2CC(C1)CC1(CCCCC1)C2.CC(C)(C)C1CC2CC1CC21CCCCC1.[2H]C1(C(C)(C)C)CCC2(CCCC2)CC1. The molecule has 7 atom stereocenters. The molecule has 0 nitrogen and oxygen atoms in total. The van der Waals surface area contributed by atoms with Crippen molar-refractivity contribution in [1.82, 2.24) is 0 Å². The summed E-state index contributed by atoms with van der Waals surface area (Å²) in [7, 11) is 0. The second-order valence-electron chi connectivity index (χ2n) is 47.8. The van der Waals surface area contributed by atoms with E-state index in [4.69, 9.17) is 1.37 Å². The lowest BCUT2D eigenvalue weighted by molar-refractivity contribution is -0.125. The molecule has 0 aliphatic heterocycles. The molecule has 16 saturated carbocycles. The molecule has 572 valence electrons.